The lowest BCUT2D eigenvalue weighted by Gasteiger charge is -2.10. The SMILES string of the molecule is CC(C)C(=O)[C@@H]1C[C@H](O)CN1. The second kappa shape index (κ2) is 3.32. The molecule has 11 heavy (non-hydrogen) atoms. The average molecular weight is 157 g/mol. The van der Waals surface area contributed by atoms with Crippen molar-refractivity contribution >= 4 is 5.78 Å². The van der Waals surface area contributed by atoms with E-state index < -0.39 is 0 Å². The van der Waals surface area contributed by atoms with E-state index in [9.17, 15) is 4.79 Å². The number of Topliss-reactive ketones (excluding diaryl/α,β-unsaturated/α-hetero) is 1. The summed E-state index contributed by atoms with van der Waals surface area (Å²) in [4.78, 5) is 11.3. The molecule has 0 aromatic carbocycles. The first-order valence-electron chi connectivity index (χ1n) is 4.06. The smallest absolute Gasteiger partial charge is 0.152 e. The quantitative estimate of drug-likeness (QED) is 0.590. The normalized spacial score (nSPS) is 31.3. The van der Waals surface area contributed by atoms with Crippen LogP contribution in [0, 0.1) is 5.92 Å². The van der Waals surface area contributed by atoms with Crippen LogP contribution in [0.2, 0.25) is 0 Å². The van der Waals surface area contributed by atoms with E-state index in [4.69, 9.17) is 5.11 Å². The van der Waals surface area contributed by atoms with Gasteiger partial charge in [0.05, 0.1) is 12.1 Å². The number of hydrogen-bond acceptors (Lipinski definition) is 3. The van der Waals surface area contributed by atoms with Gasteiger partial charge in [-0.05, 0) is 6.42 Å². The lowest BCUT2D eigenvalue weighted by atomic mass is 10.0. The van der Waals surface area contributed by atoms with Crippen molar-refractivity contribution in [2.45, 2.75) is 32.4 Å². The molecule has 1 aliphatic heterocycles. The first kappa shape index (κ1) is 8.68. The van der Waals surface area contributed by atoms with Gasteiger partial charge in [-0.2, -0.15) is 0 Å². The molecule has 0 aromatic rings. The van der Waals surface area contributed by atoms with E-state index in [1.54, 1.807) is 0 Å². The van der Waals surface area contributed by atoms with Crippen LogP contribution in [-0.4, -0.2) is 29.6 Å². The summed E-state index contributed by atoms with van der Waals surface area (Å²) in [5.41, 5.74) is 0. The van der Waals surface area contributed by atoms with Crippen molar-refractivity contribution in [2.24, 2.45) is 5.92 Å². The van der Waals surface area contributed by atoms with E-state index in [2.05, 4.69) is 5.32 Å². The van der Waals surface area contributed by atoms with Crippen molar-refractivity contribution in [3.8, 4) is 0 Å². The summed E-state index contributed by atoms with van der Waals surface area (Å²) in [5.74, 6) is 0.277. The van der Waals surface area contributed by atoms with E-state index >= 15 is 0 Å². The highest BCUT2D eigenvalue weighted by Crippen LogP contribution is 2.11. The van der Waals surface area contributed by atoms with Gasteiger partial charge in [0.2, 0.25) is 0 Å². The monoisotopic (exact) mass is 157 g/mol. The van der Waals surface area contributed by atoms with Crippen molar-refractivity contribution in [3.05, 3.63) is 0 Å². The van der Waals surface area contributed by atoms with Crippen LogP contribution in [0.25, 0.3) is 0 Å². The van der Waals surface area contributed by atoms with Gasteiger partial charge >= 0.3 is 0 Å². The molecule has 1 heterocycles. The minimum atomic E-state index is -0.331. The molecule has 3 nitrogen and oxygen atoms in total. The van der Waals surface area contributed by atoms with Gasteiger partial charge in [0.1, 0.15) is 0 Å². The van der Waals surface area contributed by atoms with Crippen molar-refractivity contribution < 1.29 is 9.90 Å². The Morgan fingerprint density at radius 3 is 2.64 bits per heavy atom. The van der Waals surface area contributed by atoms with Gasteiger partial charge in [-0.15, -0.1) is 0 Å². The highest BCUT2D eigenvalue weighted by atomic mass is 16.3. The molecule has 1 aliphatic rings. The number of rotatable bonds is 2. The Kier molecular flexibility index (Phi) is 2.62. The highest BCUT2D eigenvalue weighted by Gasteiger charge is 2.28. The zero-order chi connectivity index (χ0) is 8.43. The molecular weight excluding hydrogens is 142 g/mol. The number of carbonyl (C=O) groups is 1. The fourth-order valence-corrected chi connectivity index (χ4v) is 1.34. The summed E-state index contributed by atoms with van der Waals surface area (Å²) in [6.45, 7) is 4.33. The lowest BCUT2D eigenvalue weighted by molar-refractivity contribution is -0.123. The maximum absolute atomic E-state index is 11.3. The van der Waals surface area contributed by atoms with Crippen LogP contribution < -0.4 is 5.32 Å². The standard InChI is InChI=1S/C8H15NO2/c1-5(2)8(11)7-3-6(10)4-9-7/h5-7,9-10H,3-4H2,1-2H3/t6-,7-/m0/s1. The fourth-order valence-electron chi connectivity index (χ4n) is 1.34. The fraction of sp³-hybridized carbons (Fsp3) is 0.875. The topological polar surface area (TPSA) is 49.3 Å². The number of aliphatic hydroxyl groups excluding tert-OH is 1. The van der Waals surface area contributed by atoms with Crippen molar-refractivity contribution in [2.75, 3.05) is 6.54 Å². The largest absolute Gasteiger partial charge is 0.392 e. The summed E-state index contributed by atoms with van der Waals surface area (Å²) in [7, 11) is 0. The van der Waals surface area contributed by atoms with Gasteiger partial charge in [-0.1, -0.05) is 13.8 Å². The zero-order valence-electron chi connectivity index (χ0n) is 7.00. The third-order valence-corrected chi connectivity index (χ3v) is 2.02. The summed E-state index contributed by atoms with van der Waals surface area (Å²) in [5, 5.41) is 12.1. The van der Waals surface area contributed by atoms with Crippen molar-refractivity contribution in [1.82, 2.24) is 5.32 Å². The molecule has 1 rings (SSSR count). The zero-order valence-corrected chi connectivity index (χ0v) is 7.00. The van der Waals surface area contributed by atoms with Crippen molar-refractivity contribution in [3.63, 3.8) is 0 Å². The molecule has 3 heteroatoms. The molecule has 0 unspecified atom stereocenters. The lowest BCUT2D eigenvalue weighted by Crippen LogP contribution is -2.33. The van der Waals surface area contributed by atoms with E-state index in [0.29, 0.717) is 13.0 Å². The minimum absolute atomic E-state index is 0.0674. The van der Waals surface area contributed by atoms with Gasteiger partial charge < -0.3 is 10.4 Å². The second-order valence-electron chi connectivity index (χ2n) is 3.41. The molecule has 1 fully saturated rings. The van der Waals surface area contributed by atoms with Crippen LogP contribution in [0.1, 0.15) is 20.3 Å². The second-order valence-corrected chi connectivity index (χ2v) is 3.41. The molecule has 0 aliphatic carbocycles. The van der Waals surface area contributed by atoms with Crippen LogP contribution in [0.4, 0.5) is 0 Å². The molecule has 0 saturated carbocycles. The van der Waals surface area contributed by atoms with Gasteiger partial charge in [-0.3, -0.25) is 4.79 Å². The van der Waals surface area contributed by atoms with E-state index in [1.807, 2.05) is 13.8 Å². The molecule has 1 saturated heterocycles. The maximum Gasteiger partial charge on any atom is 0.152 e. The molecule has 0 bridgehead atoms. The summed E-state index contributed by atoms with van der Waals surface area (Å²) >= 11 is 0. The van der Waals surface area contributed by atoms with Crippen LogP contribution in [-0.2, 0) is 4.79 Å². The highest BCUT2D eigenvalue weighted by molar-refractivity contribution is 5.86. The van der Waals surface area contributed by atoms with Gasteiger partial charge in [0, 0.05) is 12.5 Å². The molecule has 2 N–H and O–H groups in total. The van der Waals surface area contributed by atoms with Gasteiger partial charge in [-0.25, -0.2) is 0 Å². The van der Waals surface area contributed by atoms with E-state index in [-0.39, 0.29) is 23.8 Å². The summed E-state index contributed by atoms with van der Waals surface area (Å²) in [6, 6.07) is -0.106. The molecule has 2 atom stereocenters. The van der Waals surface area contributed by atoms with Crippen LogP contribution >= 0.6 is 0 Å². The Morgan fingerprint density at radius 2 is 2.27 bits per heavy atom. The van der Waals surface area contributed by atoms with E-state index in [1.165, 1.54) is 0 Å². The molecule has 64 valence electrons. The Hall–Kier alpha value is -0.410. The van der Waals surface area contributed by atoms with Crippen LogP contribution in [0.3, 0.4) is 0 Å². The Balaban J connectivity index is 2.43. The van der Waals surface area contributed by atoms with Crippen molar-refractivity contribution in [1.29, 1.82) is 0 Å². The molecule has 0 aromatic heterocycles. The number of ketones is 1. The van der Waals surface area contributed by atoms with Crippen LogP contribution in [0.5, 0.6) is 0 Å². The Labute approximate surface area is 66.8 Å². The third-order valence-electron chi connectivity index (χ3n) is 2.02. The van der Waals surface area contributed by atoms with Crippen LogP contribution in [0.15, 0.2) is 0 Å². The van der Waals surface area contributed by atoms with Gasteiger partial charge in [0.25, 0.3) is 0 Å². The number of hydrogen-bond donors (Lipinski definition) is 2. The van der Waals surface area contributed by atoms with Gasteiger partial charge in [0.15, 0.2) is 5.78 Å². The number of aliphatic hydroxyl groups is 1. The number of nitrogens with one attached hydrogen (secondary N) is 1. The number of carbonyl (C=O) groups excluding carboxylic acids is 1. The predicted octanol–water partition coefficient (Wildman–Crippen LogP) is -0.0657. The molecule has 0 spiro atoms. The molecular formula is C8H15NO2. The molecule has 0 amide bonds. The number of β-amino-alcohol motifs (C(OH)–C–C–N with tert-alkyl or cyclic N) is 1. The maximum atomic E-state index is 11.3. The van der Waals surface area contributed by atoms with E-state index in [0.717, 1.165) is 0 Å². The molecule has 0 radical (unpaired) electrons. The summed E-state index contributed by atoms with van der Waals surface area (Å²) in [6.07, 6.45) is 0.250. The predicted molar refractivity (Wildman–Crippen MR) is 42.3 cm³/mol. The first-order valence-corrected chi connectivity index (χ1v) is 4.06. The first-order chi connectivity index (χ1) is 5.11. The minimum Gasteiger partial charge on any atom is -0.392 e. The third kappa shape index (κ3) is 2.01. The summed E-state index contributed by atoms with van der Waals surface area (Å²) < 4.78 is 0. The Bertz CT molecular complexity index is 156. The Morgan fingerprint density at radius 1 is 1.64 bits per heavy atom. The average Bonchev–Trinajstić information content (AvgIpc) is 2.34.